The number of carbonyl (C=O) groups excluding carboxylic acids is 2. The smallest absolute Gasteiger partial charge is 0.262 e. The fourth-order valence-electron chi connectivity index (χ4n) is 2.75. The van der Waals surface area contributed by atoms with Crippen LogP contribution in [0, 0.1) is 0 Å². The molecule has 23 heavy (non-hydrogen) atoms. The highest BCUT2D eigenvalue weighted by Crippen LogP contribution is 2.24. The van der Waals surface area contributed by atoms with E-state index >= 15 is 0 Å². The van der Waals surface area contributed by atoms with Crippen molar-refractivity contribution >= 4 is 28.5 Å². The van der Waals surface area contributed by atoms with Crippen LogP contribution in [-0.4, -0.2) is 21.4 Å². The Kier molecular flexibility index (Phi) is 2.59. The number of amides is 2. The number of benzene rings is 1. The van der Waals surface area contributed by atoms with Crippen molar-refractivity contribution in [2.24, 2.45) is 0 Å². The normalized spacial score (nSPS) is 13.2. The topological polar surface area (TPSA) is 107 Å². The van der Waals surface area contributed by atoms with Crippen LogP contribution in [-0.2, 0) is 0 Å². The lowest BCUT2D eigenvalue weighted by molar-refractivity contribution is 0.0880. The molecule has 0 atom stereocenters. The van der Waals surface area contributed by atoms with Gasteiger partial charge in [0.05, 0.1) is 22.3 Å². The Morgan fingerprint density at radius 3 is 2.70 bits per heavy atom. The zero-order valence-corrected chi connectivity index (χ0v) is 11.7. The summed E-state index contributed by atoms with van der Waals surface area (Å²) in [4.78, 5) is 40.1. The van der Waals surface area contributed by atoms with Crippen LogP contribution in [0.2, 0.25) is 0 Å². The number of fused-ring (bicyclic) bond motifs is 2. The van der Waals surface area contributed by atoms with E-state index in [2.05, 4.69) is 10.3 Å². The molecule has 0 spiro atoms. The Hall–Kier alpha value is -3.48. The van der Waals surface area contributed by atoms with Gasteiger partial charge in [-0.15, -0.1) is 0 Å². The van der Waals surface area contributed by atoms with Crippen molar-refractivity contribution in [3.05, 3.63) is 64.1 Å². The predicted molar refractivity (Wildman–Crippen MR) is 83.5 cm³/mol. The highest BCUT2D eigenvalue weighted by atomic mass is 16.2. The number of pyridine rings is 2. The van der Waals surface area contributed by atoms with Gasteiger partial charge in [-0.25, -0.2) is 0 Å². The fourth-order valence-corrected chi connectivity index (χ4v) is 2.75. The first-order valence-electron chi connectivity index (χ1n) is 6.82. The quantitative estimate of drug-likeness (QED) is 0.648. The van der Waals surface area contributed by atoms with Gasteiger partial charge in [-0.1, -0.05) is 6.07 Å². The van der Waals surface area contributed by atoms with Crippen molar-refractivity contribution in [2.45, 2.75) is 0 Å². The summed E-state index contributed by atoms with van der Waals surface area (Å²) in [6.45, 7) is 0. The van der Waals surface area contributed by atoms with Crippen LogP contribution in [0.5, 0.6) is 0 Å². The van der Waals surface area contributed by atoms with Crippen LogP contribution in [0.25, 0.3) is 16.6 Å². The average molecular weight is 306 g/mol. The van der Waals surface area contributed by atoms with E-state index in [0.29, 0.717) is 5.69 Å². The molecule has 3 N–H and O–H groups in total. The minimum atomic E-state index is -0.608. The summed E-state index contributed by atoms with van der Waals surface area (Å²) in [5, 5.41) is 2.97. The lowest BCUT2D eigenvalue weighted by Gasteiger charge is -2.12. The molecular formula is C16H10N4O3. The van der Waals surface area contributed by atoms with Crippen LogP contribution >= 0.6 is 0 Å². The van der Waals surface area contributed by atoms with Crippen LogP contribution in [0.4, 0.5) is 5.82 Å². The number of carbonyl (C=O) groups is 2. The number of hydrogen-bond acceptors (Lipinski definition) is 5. The highest BCUT2D eigenvalue weighted by Gasteiger charge is 2.31. The number of rotatable bonds is 1. The zero-order chi connectivity index (χ0) is 16.1. The minimum absolute atomic E-state index is 0.0104. The van der Waals surface area contributed by atoms with E-state index < -0.39 is 17.4 Å². The van der Waals surface area contributed by atoms with E-state index in [9.17, 15) is 14.4 Å². The van der Waals surface area contributed by atoms with Gasteiger partial charge >= 0.3 is 0 Å². The summed E-state index contributed by atoms with van der Waals surface area (Å²) in [5.74, 6) is -1.26. The van der Waals surface area contributed by atoms with Crippen molar-refractivity contribution in [2.75, 3.05) is 5.73 Å². The molecule has 4 rings (SSSR count). The van der Waals surface area contributed by atoms with Gasteiger partial charge in [0, 0.05) is 17.6 Å². The molecule has 3 heterocycles. The minimum Gasteiger partial charge on any atom is -0.384 e. The molecule has 0 fully saturated rings. The Morgan fingerprint density at radius 2 is 1.87 bits per heavy atom. The molecule has 1 aromatic carbocycles. The van der Waals surface area contributed by atoms with Crippen LogP contribution < -0.4 is 16.6 Å². The second-order valence-corrected chi connectivity index (χ2v) is 5.16. The third-order valence-electron chi connectivity index (χ3n) is 3.80. The van der Waals surface area contributed by atoms with Crippen molar-refractivity contribution in [1.29, 1.82) is 0 Å². The third kappa shape index (κ3) is 1.83. The van der Waals surface area contributed by atoms with Gasteiger partial charge in [-0.2, -0.15) is 0 Å². The summed E-state index contributed by atoms with van der Waals surface area (Å²) in [6.07, 6.45) is 1.67. The van der Waals surface area contributed by atoms with E-state index in [-0.39, 0.29) is 16.9 Å². The van der Waals surface area contributed by atoms with Gasteiger partial charge in [-0.05, 0) is 24.3 Å². The van der Waals surface area contributed by atoms with Gasteiger partial charge in [0.1, 0.15) is 5.82 Å². The fraction of sp³-hybridized carbons (Fsp3) is 0. The zero-order valence-electron chi connectivity index (χ0n) is 11.7. The molecule has 0 saturated carbocycles. The first kappa shape index (κ1) is 13.2. The molecule has 0 bridgehead atoms. The van der Waals surface area contributed by atoms with Crippen molar-refractivity contribution in [1.82, 2.24) is 14.9 Å². The standard InChI is InChI=1S/C16H10N4O3/c17-14-13-10(15(22)19-16(13)23)7-12(21)20(14)9-3-4-11-8(6-9)2-1-5-18-11/h1-7H,17H2,(H,19,22,23). The summed E-state index contributed by atoms with van der Waals surface area (Å²) < 4.78 is 1.21. The number of nitrogens with two attached hydrogens (primary N) is 1. The second-order valence-electron chi connectivity index (χ2n) is 5.16. The highest BCUT2D eigenvalue weighted by molar-refractivity contribution is 6.23. The summed E-state index contributed by atoms with van der Waals surface area (Å²) in [7, 11) is 0. The van der Waals surface area contributed by atoms with Crippen LogP contribution in [0.1, 0.15) is 20.7 Å². The molecule has 0 unspecified atom stereocenters. The molecule has 0 aliphatic carbocycles. The summed E-state index contributed by atoms with van der Waals surface area (Å²) in [5.41, 5.74) is 6.84. The molecule has 0 radical (unpaired) electrons. The molecule has 3 aromatic rings. The molecule has 7 nitrogen and oxygen atoms in total. The van der Waals surface area contributed by atoms with Crippen LogP contribution in [0.3, 0.4) is 0 Å². The Bertz CT molecular complexity index is 1070. The number of nitrogens with zero attached hydrogens (tertiary/aromatic N) is 2. The van der Waals surface area contributed by atoms with E-state index in [4.69, 9.17) is 5.73 Å². The van der Waals surface area contributed by atoms with E-state index in [1.165, 1.54) is 4.57 Å². The van der Waals surface area contributed by atoms with Crippen LogP contribution in [0.15, 0.2) is 47.4 Å². The predicted octanol–water partition coefficient (Wildman–Crippen LogP) is 0.851. The van der Waals surface area contributed by atoms with E-state index in [1.54, 1.807) is 30.5 Å². The van der Waals surface area contributed by atoms with Gasteiger partial charge < -0.3 is 5.73 Å². The molecule has 2 aromatic heterocycles. The molecule has 1 aliphatic rings. The summed E-state index contributed by atoms with van der Waals surface area (Å²) >= 11 is 0. The number of anilines is 1. The monoisotopic (exact) mass is 306 g/mol. The average Bonchev–Trinajstić information content (AvgIpc) is 2.81. The molecule has 7 heteroatoms. The van der Waals surface area contributed by atoms with E-state index in [0.717, 1.165) is 17.0 Å². The molecule has 112 valence electrons. The van der Waals surface area contributed by atoms with Crippen molar-refractivity contribution in [3.63, 3.8) is 0 Å². The number of nitrogens with one attached hydrogen (secondary N) is 1. The van der Waals surface area contributed by atoms with Crippen molar-refractivity contribution in [3.8, 4) is 5.69 Å². The molecule has 1 aliphatic heterocycles. The first-order chi connectivity index (χ1) is 11.1. The molecular weight excluding hydrogens is 296 g/mol. The largest absolute Gasteiger partial charge is 0.384 e. The molecule has 2 amide bonds. The number of hydrogen-bond donors (Lipinski definition) is 2. The maximum Gasteiger partial charge on any atom is 0.262 e. The number of nitrogen functional groups attached to an aromatic ring is 1. The first-order valence-corrected chi connectivity index (χ1v) is 6.82. The number of imide groups is 1. The lowest BCUT2D eigenvalue weighted by Crippen LogP contribution is -2.24. The molecule has 0 saturated heterocycles. The van der Waals surface area contributed by atoms with Gasteiger partial charge in [0.15, 0.2) is 0 Å². The lowest BCUT2D eigenvalue weighted by atomic mass is 10.1. The van der Waals surface area contributed by atoms with E-state index in [1.807, 2.05) is 6.07 Å². The summed E-state index contributed by atoms with van der Waals surface area (Å²) in [6, 6.07) is 9.97. The maximum atomic E-state index is 12.4. The van der Waals surface area contributed by atoms with Gasteiger partial charge in [0.25, 0.3) is 17.4 Å². The Morgan fingerprint density at radius 1 is 1.04 bits per heavy atom. The maximum absolute atomic E-state index is 12.4. The second kappa shape index (κ2) is 4.51. The number of aromatic nitrogens is 2. The van der Waals surface area contributed by atoms with Gasteiger partial charge in [0.2, 0.25) is 0 Å². The third-order valence-corrected chi connectivity index (χ3v) is 3.80. The Labute approximate surface area is 129 Å². The Balaban J connectivity index is 2.02. The SMILES string of the molecule is Nc1c2c(cc(=O)n1-c1ccc3ncccc3c1)C(=O)NC2=O. The van der Waals surface area contributed by atoms with Crippen molar-refractivity contribution < 1.29 is 9.59 Å². The van der Waals surface area contributed by atoms with Gasteiger partial charge in [-0.3, -0.25) is 29.3 Å².